The zero-order chi connectivity index (χ0) is 14.5. The summed E-state index contributed by atoms with van der Waals surface area (Å²) in [6, 6.07) is 10.7. The molecule has 1 atom stereocenters. The van der Waals surface area contributed by atoms with E-state index in [4.69, 9.17) is 0 Å². The summed E-state index contributed by atoms with van der Waals surface area (Å²) in [5, 5.41) is 3.18. The zero-order valence-electron chi connectivity index (χ0n) is 12.1. The van der Waals surface area contributed by atoms with Crippen molar-refractivity contribution in [2.24, 2.45) is 0 Å². The molecule has 0 fully saturated rings. The van der Waals surface area contributed by atoms with Crippen molar-refractivity contribution >= 4 is 11.5 Å². The third kappa shape index (κ3) is 3.07. The van der Waals surface area contributed by atoms with Crippen LogP contribution in [0.4, 0.5) is 15.9 Å². The second-order valence-corrected chi connectivity index (χ2v) is 4.74. The van der Waals surface area contributed by atoms with Crippen molar-refractivity contribution in [3.8, 4) is 0 Å². The summed E-state index contributed by atoms with van der Waals surface area (Å²) >= 11 is 0. The number of hydrogen-bond acceptors (Lipinski definition) is 3. The van der Waals surface area contributed by atoms with Gasteiger partial charge >= 0.3 is 0 Å². The predicted molar refractivity (Wildman–Crippen MR) is 81.6 cm³/mol. The van der Waals surface area contributed by atoms with E-state index in [1.54, 1.807) is 12.3 Å². The topological polar surface area (TPSA) is 28.2 Å². The third-order valence-electron chi connectivity index (χ3n) is 3.44. The molecule has 2 rings (SSSR count). The van der Waals surface area contributed by atoms with Crippen LogP contribution in [0.1, 0.15) is 25.5 Å². The van der Waals surface area contributed by atoms with Gasteiger partial charge in [0.05, 0.1) is 6.04 Å². The van der Waals surface area contributed by atoms with Crippen LogP contribution in [-0.2, 0) is 0 Å². The molecule has 106 valence electrons. The van der Waals surface area contributed by atoms with Crippen LogP contribution in [0.25, 0.3) is 0 Å². The van der Waals surface area contributed by atoms with Crippen LogP contribution in [0.2, 0.25) is 0 Å². The molecule has 0 aliphatic rings. The molecule has 0 amide bonds. The Bertz CT molecular complexity index is 571. The van der Waals surface area contributed by atoms with Gasteiger partial charge in [-0.15, -0.1) is 0 Å². The summed E-state index contributed by atoms with van der Waals surface area (Å²) in [6.45, 7) is 4.84. The molecule has 4 heteroatoms. The van der Waals surface area contributed by atoms with E-state index in [0.717, 1.165) is 18.1 Å². The Morgan fingerprint density at radius 2 is 2.05 bits per heavy atom. The first kappa shape index (κ1) is 14.3. The molecule has 0 radical (unpaired) electrons. The lowest BCUT2D eigenvalue weighted by atomic mass is 10.1. The van der Waals surface area contributed by atoms with E-state index in [9.17, 15) is 4.39 Å². The molecule has 0 bridgehead atoms. The lowest BCUT2D eigenvalue weighted by Gasteiger charge is -2.28. The first-order valence-corrected chi connectivity index (χ1v) is 6.80. The van der Waals surface area contributed by atoms with Gasteiger partial charge in [0.1, 0.15) is 11.6 Å². The van der Waals surface area contributed by atoms with Gasteiger partial charge < -0.3 is 10.2 Å². The molecule has 20 heavy (non-hydrogen) atoms. The van der Waals surface area contributed by atoms with E-state index in [0.29, 0.717) is 5.56 Å². The van der Waals surface area contributed by atoms with Crippen molar-refractivity contribution in [1.29, 1.82) is 0 Å². The summed E-state index contributed by atoms with van der Waals surface area (Å²) in [7, 11) is 1.96. The van der Waals surface area contributed by atoms with Crippen LogP contribution in [0.3, 0.4) is 0 Å². The van der Waals surface area contributed by atoms with E-state index < -0.39 is 0 Å². The van der Waals surface area contributed by atoms with E-state index in [-0.39, 0.29) is 11.9 Å². The van der Waals surface area contributed by atoms with Crippen LogP contribution in [-0.4, -0.2) is 18.6 Å². The summed E-state index contributed by atoms with van der Waals surface area (Å²) in [5.41, 5.74) is 1.70. The average molecular weight is 273 g/mol. The molecule has 2 aromatic rings. The zero-order valence-corrected chi connectivity index (χ0v) is 12.1. The van der Waals surface area contributed by atoms with Crippen LogP contribution in [0.15, 0.2) is 42.6 Å². The number of anilines is 2. The number of nitrogens with one attached hydrogen (secondary N) is 1. The van der Waals surface area contributed by atoms with Gasteiger partial charge in [-0.25, -0.2) is 9.37 Å². The Balaban J connectivity index is 2.24. The molecule has 0 aliphatic heterocycles. The Morgan fingerprint density at radius 1 is 1.30 bits per heavy atom. The van der Waals surface area contributed by atoms with Crippen molar-refractivity contribution in [2.45, 2.75) is 19.9 Å². The molecule has 1 aromatic carbocycles. The highest BCUT2D eigenvalue weighted by Gasteiger charge is 2.16. The summed E-state index contributed by atoms with van der Waals surface area (Å²) in [6.07, 6.45) is 1.76. The second-order valence-electron chi connectivity index (χ2n) is 4.74. The summed E-state index contributed by atoms with van der Waals surface area (Å²) in [4.78, 5) is 6.29. The standard InChI is InChI=1S/C16H20FN3/c1-4-18-16-11-13(9-10-19-16)20(3)12(2)14-7-5-6-8-15(14)17/h5-12H,4H2,1-3H3,(H,18,19). The van der Waals surface area contributed by atoms with Gasteiger partial charge in [0.2, 0.25) is 0 Å². The molecule has 0 saturated carbocycles. The van der Waals surface area contributed by atoms with Gasteiger partial charge in [-0.05, 0) is 26.0 Å². The minimum absolute atomic E-state index is 0.0481. The van der Waals surface area contributed by atoms with Crippen LogP contribution >= 0.6 is 0 Å². The number of rotatable bonds is 5. The normalized spacial score (nSPS) is 12.0. The fourth-order valence-corrected chi connectivity index (χ4v) is 2.16. The minimum atomic E-state index is -0.173. The third-order valence-corrected chi connectivity index (χ3v) is 3.44. The molecular formula is C16H20FN3. The molecule has 1 unspecified atom stereocenters. The van der Waals surface area contributed by atoms with Gasteiger partial charge in [-0.1, -0.05) is 18.2 Å². The maximum absolute atomic E-state index is 13.9. The Labute approximate surface area is 119 Å². The van der Waals surface area contributed by atoms with Crippen molar-refractivity contribution < 1.29 is 4.39 Å². The highest BCUT2D eigenvalue weighted by molar-refractivity contribution is 5.54. The van der Waals surface area contributed by atoms with Gasteiger partial charge in [0, 0.05) is 37.1 Å². The first-order chi connectivity index (χ1) is 9.63. The molecule has 1 aromatic heterocycles. The van der Waals surface area contributed by atoms with E-state index in [2.05, 4.69) is 10.3 Å². The van der Waals surface area contributed by atoms with Crippen molar-refractivity contribution in [3.63, 3.8) is 0 Å². The van der Waals surface area contributed by atoms with Crippen LogP contribution in [0.5, 0.6) is 0 Å². The van der Waals surface area contributed by atoms with Gasteiger partial charge in [0.15, 0.2) is 0 Å². The van der Waals surface area contributed by atoms with Crippen molar-refractivity contribution in [2.75, 3.05) is 23.8 Å². The summed E-state index contributed by atoms with van der Waals surface area (Å²) in [5.74, 6) is 0.658. The van der Waals surface area contributed by atoms with Crippen molar-refractivity contribution in [1.82, 2.24) is 4.98 Å². The molecular weight excluding hydrogens is 253 g/mol. The lowest BCUT2D eigenvalue weighted by Crippen LogP contribution is -2.22. The van der Waals surface area contributed by atoms with Crippen LogP contribution < -0.4 is 10.2 Å². The number of benzene rings is 1. The molecule has 0 saturated heterocycles. The Morgan fingerprint density at radius 3 is 2.75 bits per heavy atom. The lowest BCUT2D eigenvalue weighted by molar-refractivity contribution is 0.585. The summed E-state index contributed by atoms with van der Waals surface area (Å²) < 4.78 is 13.9. The fraction of sp³-hybridized carbons (Fsp3) is 0.312. The molecule has 3 nitrogen and oxygen atoms in total. The number of nitrogens with zero attached hydrogens (tertiary/aromatic N) is 2. The first-order valence-electron chi connectivity index (χ1n) is 6.80. The monoisotopic (exact) mass is 273 g/mol. The maximum Gasteiger partial charge on any atom is 0.128 e. The largest absolute Gasteiger partial charge is 0.370 e. The number of aromatic nitrogens is 1. The molecule has 0 spiro atoms. The highest BCUT2D eigenvalue weighted by atomic mass is 19.1. The maximum atomic E-state index is 13.9. The Kier molecular flexibility index (Phi) is 4.56. The smallest absolute Gasteiger partial charge is 0.128 e. The second kappa shape index (κ2) is 6.37. The fourth-order valence-electron chi connectivity index (χ4n) is 2.16. The van der Waals surface area contributed by atoms with Gasteiger partial charge in [-0.3, -0.25) is 0 Å². The quantitative estimate of drug-likeness (QED) is 0.897. The van der Waals surface area contributed by atoms with E-state index in [1.807, 2.05) is 50.1 Å². The number of halogens is 1. The number of pyridine rings is 1. The van der Waals surface area contributed by atoms with Crippen molar-refractivity contribution in [3.05, 3.63) is 54.0 Å². The average Bonchev–Trinajstić information content (AvgIpc) is 2.47. The SMILES string of the molecule is CCNc1cc(N(C)C(C)c2ccccc2F)ccn1. The van der Waals surface area contributed by atoms with Gasteiger partial charge in [-0.2, -0.15) is 0 Å². The van der Waals surface area contributed by atoms with Crippen LogP contribution in [0, 0.1) is 5.82 Å². The Hall–Kier alpha value is -2.10. The molecule has 1 heterocycles. The molecule has 1 N–H and O–H groups in total. The predicted octanol–water partition coefficient (Wildman–Crippen LogP) is 3.85. The van der Waals surface area contributed by atoms with Gasteiger partial charge in [0.25, 0.3) is 0 Å². The van der Waals surface area contributed by atoms with E-state index >= 15 is 0 Å². The molecule has 0 aliphatic carbocycles. The van der Waals surface area contributed by atoms with E-state index in [1.165, 1.54) is 6.07 Å². The highest BCUT2D eigenvalue weighted by Crippen LogP contribution is 2.27. The number of hydrogen-bond donors (Lipinski definition) is 1. The minimum Gasteiger partial charge on any atom is -0.370 e.